The molecule has 4 nitrogen and oxygen atoms in total. The van der Waals surface area contributed by atoms with Crippen molar-refractivity contribution in [1.29, 1.82) is 0 Å². The van der Waals surface area contributed by atoms with Gasteiger partial charge in [0.05, 0.1) is 5.58 Å². The van der Waals surface area contributed by atoms with Crippen LogP contribution in [0.3, 0.4) is 0 Å². The first-order chi connectivity index (χ1) is 36.7. The molecule has 0 radical (unpaired) electrons. The van der Waals surface area contributed by atoms with Crippen molar-refractivity contribution in [2.45, 2.75) is 85.0 Å². The van der Waals surface area contributed by atoms with Crippen LogP contribution in [0.1, 0.15) is 84.4 Å². The van der Waals surface area contributed by atoms with E-state index in [0.29, 0.717) is 11.3 Å². The van der Waals surface area contributed by atoms with E-state index in [2.05, 4.69) is 172 Å². The van der Waals surface area contributed by atoms with Crippen LogP contribution in [0.2, 0.25) is 0 Å². The summed E-state index contributed by atoms with van der Waals surface area (Å²) in [7, 11) is 0. The standard InChI is InChI=1S/C38H30N2.C33H32NO.Ir/c1-2-12-33(13-3-1)38-26-21-30(28-40-38)20-23-32-11-5-7-15-36(32)35-14-6-4-10-31(35)22-17-29-18-24-34(25-19-29)37-16-8-9-27-39-37;1-21-18-24(23-14-16-33(3,4)17-15-23)12-13-25(21)29-19-30(34-20-22(29)2)28-10-7-9-27-26-8-5-6-11-31(26)35-32(27)28;/h1-12,14-16,18-19,21,24,26-28H,17,20,22-23H2;5-9,11-13,18-20,23H,14-17H2,1-4H3;/q-2;-1;+3. The van der Waals surface area contributed by atoms with Gasteiger partial charge in [-0.1, -0.05) is 146 Å². The molecule has 0 spiro atoms. The second-order valence-corrected chi connectivity index (χ2v) is 21.1. The zero-order valence-corrected chi connectivity index (χ0v) is 46.3. The van der Waals surface area contributed by atoms with E-state index < -0.39 is 0 Å². The predicted molar refractivity (Wildman–Crippen MR) is 309 cm³/mol. The van der Waals surface area contributed by atoms with E-state index in [1.807, 2.05) is 79.3 Å². The Morgan fingerprint density at radius 3 is 1.89 bits per heavy atom. The second kappa shape index (κ2) is 23.5. The molecule has 1 fully saturated rings. The first kappa shape index (κ1) is 51.9. The average molecular weight is 1170 g/mol. The Bertz CT molecular complexity index is 3570. The summed E-state index contributed by atoms with van der Waals surface area (Å²) in [6, 6.07) is 73.9. The van der Waals surface area contributed by atoms with Gasteiger partial charge in [0.25, 0.3) is 0 Å². The Morgan fingerprint density at radius 2 is 1.20 bits per heavy atom. The van der Waals surface area contributed by atoms with Gasteiger partial charge in [0.2, 0.25) is 0 Å². The summed E-state index contributed by atoms with van der Waals surface area (Å²) in [5.74, 6) is 0.685. The number of aryl methyl sites for hydroxylation is 6. The number of fused-ring (bicyclic) bond motifs is 3. The van der Waals surface area contributed by atoms with Crippen molar-refractivity contribution in [2.24, 2.45) is 5.41 Å². The van der Waals surface area contributed by atoms with E-state index in [4.69, 9.17) is 14.4 Å². The minimum absolute atomic E-state index is 0. The van der Waals surface area contributed by atoms with Gasteiger partial charge in [-0.2, -0.15) is 0 Å². The third-order valence-electron chi connectivity index (χ3n) is 15.4. The third-order valence-corrected chi connectivity index (χ3v) is 15.4. The smallest absolute Gasteiger partial charge is 0.501 e. The third kappa shape index (κ3) is 11.8. The molecule has 0 N–H and O–H groups in total. The fourth-order valence-electron chi connectivity index (χ4n) is 10.9. The number of furan rings is 1. The molecular weight excluding hydrogens is 1100 g/mol. The van der Waals surface area contributed by atoms with Crippen LogP contribution in [0.25, 0.3) is 78.0 Å². The van der Waals surface area contributed by atoms with E-state index in [1.54, 1.807) is 0 Å². The van der Waals surface area contributed by atoms with Gasteiger partial charge in [-0.15, -0.1) is 89.5 Å². The summed E-state index contributed by atoms with van der Waals surface area (Å²) < 4.78 is 6.26. The zero-order valence-electron chi connectivity index (χ0n) is 43.9. The molecule has 5 heteroatoms. The Labute approximate surface area is 462 Å². The van der Waals surface area contributed by atoms with Crippen molar-refractivity contribution in [3.05, 3.63) is 258 Å². The van der Waals surface area contributed by atoms with Crippen molar-refractivity contribution < 1.29 is 24.5 Å². The number of aromatic nitrogens is 3. The van der Waals surface area contributed by atoms with Crippen LogP contribution < -0.4 is 0 Å². The number of rotatable bonds is 12. The molecule has 1 saturated carbocycles. The van der Waals surface area contributed by atoms with Crippen LogP contribution in [0, 0.1) is 37.5 Å². The van der Waals surface area contributed by atoms with Crippen LogP contribution in [-0.2, 0) is 45.8 Å². The minimum atomic E-state index is 0. The molecule has 1 aliphatic carbocycles. The Hall–Kier alpha value is -7.56. The van der Waals surface area contributed by atoms with E-state index in [-0.39, 0.29) is 20.1 Å². The van der Waals surface area contributed by atoms with Crippen molar-refractivity contribution in [3.63, 3.8) is 0 Å². The first-order valence-electron chi connectivity index (χ1n) is 26.6. The number of para-hydroxylation sites is 1. The van der Waals surface area contributed by atoms with Crippen LogP contribution in [0.15, 0.2) is 205 Å². The molecule has 0 bridgehead atoms. The zero-order chi connectivity index (χ0) is 51.1. The van der Waals surface area contributed by atoms with Gasteiger partial charge < -0.3 is 19.4 Å². The van der Waals surface area contributed by atoms with E-state index >= 15 is 0 Å². The maximum absolute atomic E-state index is 6.26. The molecule has 0 saturated heterocycles. The van der Waals surface area contributed by atoms with Crippen molar-refractivity contribution in [3.8, 4) is 56.0 Å². The van der Waals surface area contributed by atoms with E-state index in [0.717, 1.165) is 81.4 Å². The van der Waals surface area contributed by atoms with Gasteiger partial charge in [-0.25, -0.2) is 0 Å². The summed E-state index contributed by atoms with van der Waals surface area (Å²) in [4.78, 5) is 13.9. The number of nitrogens with zero attached hydrogens (tertiary/aromatic N) is 3. The number of hydrogen-bond acceptors (Lipinski definition) is 4. The molecule has 1 aliphatic rings. The van der Waals surface area contributed by atoms with Crippen LogP contribution in [-0.4, -0.2) is 15.0 Å². The monoisotopic (exact) mass is 1170 g/mol. The molecule has 0 amide bonds. The minimum Gasteiger partial charge on any atom is -0.501 e. The van der Waals surface area contributed by atoms with Crippen molar-refractivity contribution in [2.75, 3.05) is 0 Å². The van der Waals surface area contributed by atoms with Gasteiger partial charge in [0.1, 0.15) is 5.58 Å². The molecule has 76 heavy (non-hydrogen) atoms. The summed E-state index contributed by atoms with van der Waals surface area (Å²) in [6.07, 6.45) is 14.9. The van der Waals surface area contributed by atoms with E-state index in [1.165, 1.54) is 86.9 Å². The topological polar surface area (TPSA) is 51.8 Å². The molecule has 0 unspecified atom stereocenters. The molecular formula is C71H62IrN3O. The first-order valence-corrected chi connectivity index (χ1v) is 26.6. The maximum atomic E-state index is 6.26. The quantitative estimate of drug-likeness (QED) is 0.114. The van der Waals surface area contributed by atoms with Gasteiger partial charge in [-0.3, -0.25) is 0 Å². The van der Waals surface area contributed by atoms with Gasteiger partial charge in [0.15, 0.2) is 0 Å². The maximum Gasteiger partial charge on any atom is 3.00 e. The molecule has 376 valence electrons. The molecule has 11 aromatic rings. The molecule has 7 aromatic carbocycles. The number of hydrogen-bond donors (Lipinski definition) is 0. The predicted octanol–water partition coefficient (Wildman–Crippen LogP) is 18.1. The average Bonchev–Trinajstić information content (AvgIpc) is 3.88. The van der Waals surface area contributed by atoms with Gasteiger partial charge in [0, 0.05) is 24.0 Å². The van der Waals surface area contributed by atoms with Gasteiger partial charge >= 0.3 is 20.1 Å². The largest absolute Gasteiger partial charge is 3.00 e. The normalized spacial score (nSPS) is 13.2. The molecule has 0 aliphatic heterocycles. The SMILES string of the molecule is Cc1cc(C2CCC(C)(C)CC2)ccc1-c1cc(-c2[c-]ccc3c2oc2ccccc23)ncc1C.[Ir+3].[c-]1cc(CCc2ccccc2-c2ccccc2CCc2ccc(-c3[c-]cccc3)nc2)ccc1-c1ccccn1. The number of benzene rings is 7. The fourth-order valence-corrected chi connectivity index (χ4v) is 10.9. The van der Waals surface area contributed by atoms with Crippen molar-refractivity contribution in [1.82, 2.24) is 15.0 Å². The van der Waals surface area contributed by atoms with Crippen LogP contribution >= 0.6 is 0 Å². The number of pyridine rings is 3. The molecule has 4 aromatic heterocycles. The Balaban J connectivity index is 0.000000172. The Morgan fingerprint density at radius 1 is 0.513 bits per heavy atom. The van der Waals surface area contributed by atoms with Gasteiger partial charge in [-0.05, 0) is 155 Å². The van der Waals surface area contributed by atoms with E-state index in [9.17, 15) is 0 Å². The molecule has 12 rings (SSSR count). The van der Waals surface area contributed by atoms with Crippen LogP contribution in [0.4, 0.5) is 0 Å². The summed E-state index contributed by atoms with van der Waals surface area (Å²) in [5.41, 5.74) is 22.4. The fraction of sp³-hybridized carbons (Fsp3) is 0.197. The summed E-state index contributed by atoms with van der Waals surface area (Å²) >= 11 is 0. The summed E-state index contributed by atoms with van der Waals surface area (Å²) in [5, 5.41) is 2.23. The van der Waals surface area contributed by atoms with Crippen LogP contribution in [0.5, 0.6) is 0 Å². The van der Waals surface area contributed by atoms with Crippen molar-refractivity contribution >= 4 is 21.9 Å². The molecule has 4 heterocycles. The second-order valence-electron chi connectivity index (χ2n) is 21.1. The summed E-state index contributed by atoms with van der Waals surface area (Å²) in [6.45, 7) is 9.21. The molecule has 0 atom stereocenters. The Kier molecular flexibility index (Phi) is 16.1.